The van der Waals surface area contributed by atoms with E-state index in [-0.39, 0.29) is 17.9 Å². The van der Waals surface area contributed by atoms with Gasteiger partial charge in [-0.15, -0.1) is 0 Å². The van der Waals surface area contributed by atoms with E-state index >= 15 is 0 Å². The fourth-order valence-electron chi connectivity index (χ4n) is 3.42. The lowest BCUT2D eigenvalue weighted by molar-refractivity contribution is -0.141. The van der Waals surface area contributed by atoms with Gasteiger partial charge in [0.1, 0.15) is 6.04 Å². The standard InChI is InChI=1S/C17H31N3O3/c1-13(23-12-15-6-4-3-5-7-15)16(19-14(2)21)17(22)20-10-8-18-9-11-20/h13,15-16,18H,3-12H2,1-2H3,(H,19,21). The number of ether oxygens (including phenoxy) is 1. The van der Waals surface area contributed by atoms with E-state index in [1.807, 2.05) is 11.8 Å². The minimum atomic E-state index is -0.589. The van der Waals surface area contributed by atoms with E-state index < -0.39 is 6.04 Å². The number of hydrogen-bond donors (Lipinski definition) is 2. The van der Waals surface area contributed by atoms with Gasteiger partial charge in [-0.05, 0) is 25.7 Å². The molecule has 1 saturated heterocycles. The van der Waals surface area contributed by atoms with Crippen molar-refractivity contribution in [2.24, 2.45) is 5.92 Å². The van der Waals surface area contributed by atoms with Crippen LogP contribution in [0.4, 0.5) is 0 Å². The molecule has 2 unspecified atom stereocenters. The molecule has 2 N–H and O–H groups in total. The van der Waals surface area contributed by atoms with Crippen LogP contribution in [0.5, 0.6) is 0 Å². The molecule has 1 saturated carbocycles. The van der Waals surface area contributed by atoms with E-state index in [0.717, 1.165) is 13.1 Å². The van der Waals surface area contributed by atoms with Crippen LogP contribution in [-0.4, -0.2) is 61.6 Å². The molecule has 2 fully saturated rings. The number of carbonyl (C=O) groups excluding carboxylic acids is 2. The molecule has 23 heavy (non-hydrogen) atoms. The van der Waals surface area contributed by atoms with Gasteiger partial charge in [0, 0.05) is 39.7 Å². The van der Waals surface area contributed by atoms with Crippen LogP contribution in [0.3, 0.4) is 0 Å². The fraction of sp³-hybridized carbons (Fsp3) is 0.882. The Bertz CT molecular complexity index is 391. The van der Waals surface area contributed by atoms with Crippen molar-refractivity contribution in [2.45, 2.75) is 58.1 Å². The molecule has 1 aliphatic heterocycles. The van der Waals surface area contributed by atoms with E-state index in [4.69, 9.17) is 4.74 Å². The van der Waals surface area contributed by atoms with Gasteiger partial charge >= 0.3 is 0 Å². The first-order valence-electron chi connectivity index (χ1n) is 8.96. The van der Waals surface area contributed by atoms with Gasteiger partial charge in [0.15, 0.2) is 0 Å². The van der Waals surface area contributed by atoms with Gasteiger partial charge in [-0.3, -0.25) is 9.59 Å². The van der Waals surface area contributed by atoms with Crippen LogP contribution in [0, 0.1) is 5.92 Å². The largest absolute Gasteiger partial charge is 0.376 e. The first kappa shape index (κ1) is 18.2. The molecule has 2 rings (SSSR count). The highest BCUT2D eigenvalue weighted by Crippen LogP contribution is 2.24. The Morgan fingerprint density at radius 1 is 1.22 bits per heavy atom. The van der Waals surface area contributed by atoms with Crippen molar-refractivity contribution in [2.75, 3.05) is 32.8 Å². The number of piperazine rings is 1. The lowest BCUT2D eigenvalue weighted by Gasteiger charge is -2.34. The summed E-state index contributed by atoms with van der Waals surface area (Å²) in [5.41, 5.74) is 0. The smallest absolute Gasteiger partial charge is 0.247 e. The third kappa shape index (κ3) is 5.77. The van der Waals surface area contributed by atoms with E-state index in [1.54, 1.807) is 0 Å². The minimum absolute atomic E-state index is 0.0298. The van der Waals surface area contributed by atoms with Crippen LogP contribution in [-0.2, 0) is 14.3 Å². The van der Waals surface area contributed by atoms with Gasteiger partial charge in [-0.1, -0.05) is 19.3 Å². The highest BCUT2D eigenvalue weighted by atomic mass is 16.5. The summed E-state index contributed by atoms with van der Waals surface area (Å²) in [5, 5.41) is 6.02. The third-order valence-corrected chi connectivity index (χ3v) is 4.84. The Hall–Kier alpha value is -1.14. The van der Waals surface area contributed by atoms with Crippen LogP contribution < -0.4 is 10.6 Å². The van der Waals surface area contributed by atoms with E-state index in [1.165, 1.54) is 39.0 Å². The average Bonchev–Trinajstić information content (AvgIpc) is 2.58. The summed E-state index contributed by atoms with van der Waals surface area (Å²) in [5.74, 6) is 0.378. The molecule has 0 aromatic rings. The number of nitrogens with one attached hydrogen (secondary N) is 2. The van der Waals surface area contributed by atoms with Crippen molar-refractivity contribution in [3.8, 4) is 0 Å². The highest BCUT2D eigenvalue weighted by molar-refractivity contribution is 5.87. The molecule has 2 amide bonds. The predicted octanol–water partition coefficient (Wildman–Crippen LogP) is 0.908. The Morgan fingerprint density at radius 2 is 1.87 bits per heavy atom. The molecule has 6 heteroatoms. The normalized spacial score (nSPS) is 22.4. The maximum Gasteiger partial charge on any atom is 0.247 e. The van der Waals surface area contributed by atoms with Gasteiger partial charge in [0.05, 0.1) is 6.10 Å². The second-order valence-electron chi connectivity index (χ2n) is 6.80. The number of carbonyl (C=O) groups is 2. The van der Waals surface area contributed by atoms with Crippen LogP contribution in [0.25, 0.3) is 0 Å². The summed E-state index contributed by atoms with van der Waals surface area (Å²) >= 11 is 0. The van der Waals surface area contributed by atoms with Gasteiger partial charge in [0.2, 0.25) is 11.8 Å². The molecule has 0 aromatic heterocycles. The highest BCUT2D eigenvalue weighted by Gasteiger charge is 2.31. The maximum atomic E-state index is 12.7. The molecule has 132 valence electrons. The van der Waals surface area contributed by atoms with Crippen molar-refractivity contribution in [3.05, 3.63) is 0 Å². The SMILES string of the molecule is CC(=O)NC(C(=O)N1CCNCC1)C(C)OCC1CCCCC1. The van der Waals surface area contributed by atoms with Gasteiger partial charge in [-0.25, -0.2) is 0 Å². The summed E-state index contributed by atoms with van der Waals surface area (Å²) in [6.07, 6.45) is 5.99. The first-order valence-corrected chi connectivity index (χ1v) is 8.96. The second-order valence-corrected chi connectivity index (χ2v) is 6.80. The fourth-order valence-corrected chi connectivity index (χ4v) is 3.42. The average molecular weight is 325 g/mol. The molecule has 0 spiro atoms. The third-order valence-electron chi connectivity index (χ3n) is 4.84. The Balaban J connectivity index is 1.89. The van der Waals surface area contributed by atoms with Crippen molar-refractivity contribution >= 4 is 11.8 Å². The molecule has 2 atom stereocenters. The van der Waals surface area contributed by atoms with E-state index in [2.05, 4.69) is 10.6 Å². The molecule has 6 nitrogen and oxygen atoms in total. The molecule has 0 bridgehead atoms. The molecular weight excluding hydrogens is 294 g/mol. The van der Waals surface area contributed by atoms with Crippen molar-refractivity contribution in [1.82, 2.24) is 15.5 Å². The summed E-state index contributed by atoms with van der Waals surface area (Å²) in [4.78, 5) is 26.0. The quantitative estimate of drug-likeness (QED) is 0.761. The Morgan fingerprint density at radius 3 is 2.48 bits per heavy atom. The molecule has 0 aromatic carbocycles. The minimum Gasteiger partial charge on any atom is -0.376 e. The van der Waals surface area contributed by atoms with Crippen LogP contribution >= 0.6 is 0 Å². The molecule has 1 aliphatic carbocycles. The Kier molecular flexibility index (Phi) is 7.30. The molecular formula is C17H31N3O3. The summed E-state index contributed by atoms with van der Waals surface area (Å²) < 4.78 is 5.98. The second kappa shape index (κ2) is 9.23. The predicted molar refractivity (Wildman–Crippen MR) is 89.0 cm³/mol. The zero-order valence-electron chi connectivity index (χ0n) is 14.5. The van der Waals surface area contributed by atoms with Gasteiger partial charge in [0.25, 0.3) is 0 Å². The van der Waals surface area contributed by atoms with Crippen molar-refractivity contribution in [3.63, 3.8) is 0 Å². The molecule has 1 heterocycles. The monoisotopic (exact) mass is 325 g/mol. The van der Waals surface area contributed by atoms with Crippen molar-refractivity contribution in [1.29, 1.82) is 0 Å². The van der Waals surface area contributed by atoms with Gasteiger partial charge < -0.3 is 20.3 Å². The lowest BCUT2D eigenvalue weighted by atomic mass is 9.90. The topological polar surface area (TPSA) is 70.7 Å². The molecule has 2 aliphatic rings. The zero-order valence-corrected chi connectivity index (χ0v) is 14.5. The summed E-state index contributed by atoms with van der Waals surface area (Å²) in [6.45, 7) is 7.00. The lowest BCUT2D eigenvalue weighted by Crippen LogP contribution is -2.57. The summed E-state index contributed by atoms with van der Waals surface area (Å²) in [6, 6.07) is -0.589. The number of hydrogen-bond acceptors (Lipinski definition) is 4. The Labute approximate surface area is 139 Å². The number of amides is 2. The number of rotatable bonds is 6. The van der Waals surface area contributed by atoms with Crippen LogP contribution in [0.2, 0.25) is 0 Å². The first-order chi connectivity index (χ1) is 11.1. The van der Waals surface area contributed by atoms with Crippen LogP contribution in [0.15, 0.2) is 0 Å². The van der Waals surface area contributed by atoms with Gasteiger partial charge in [-0.2, -0.15) is 0 Å². The maximum absolute atomic E-state index is 12.7. The van der Waals surface area contributed by atoms with E-state index in [9.17, 15) is 9.59 Å². The van der Waals surface area contributed by atoms with Crippen LogP contribution in [0.1, 0.15) is 46.0 Å². The zero-order chi connectivity index (χ0) is 16.7. The molecule has 0 radical (unpaired) electrons. The number of nitrogens with zero attached hydrogens (tertiary/aromatic N) is 1. The van der Waals surface area contributed by atoms with E-state index in [0.29, 0.717) is 25.6 Å². The summed E-state index contributed by atoms with van der Waals surface area (Å²) in [7, 11) is 0. The van der Waals surface area contributed by atoms with Crippen molar-refractivity contribution < 1.29 is 14.3 Å².